The third-order valence-corrected chi connectivity index (χ3v) is 4.83. The highest BCUT2D eigenvalue weighted by atomic mass is 16.5. The molecule has 21 heavy (non-hydrogen) atoms. The lowest BCUT2D eigenvalue weighted by Crippen LogP contribution is -2.37. The first-order valence-corrected chi connectivity index (χ1v) is 8.36. The molecule has 0 aromatic rings. The Hall–Kier alpha value is -1.26. The molecule has 3 unspecified atom stereocenters. The highest BCUT2D eigenvalue weighted by molar-refractivity contribution is 5.74. The first kappa shape index (κ1) is 16.1. The second kappa shape index (κ2) is 8.25. The Bertz CT molecular complexity index is 359. The number of urea groups is 1. The number of amides is 2. The van der Waals surface area contributed by atoms with Crippen LogP contribution in [0.4, 0.5) is 4.79 Å². The lowest BCUT2D eigenvalue weighted by atomic mass is 9.86. The summed E-state index contributed by atoms with van der Waals surface area (Å²) in [4.78, 5) is 22.7. The van der Waals surface area contributed by atoms with Crippen LogP contribution in [-0.2, 0) is 9.53 Å². The summed E-state index contributed by atoms with van der Waals surface area (Å²) in [5.74, 6) is 2.52. The molecule has 0 aliphatic heterocycles. The molecular formula is C16H28N2O3. The normalized spacial score (nSPS) is 26.6. The van der Waals surface area contributed by atoms with Crippen LogP contribution >= 0.6 is 0 Å². The maximum atomic E-state index is 11.6. The number of esters is 1. The van der Waals surface area contributed by atoms with Crippen molar-refractivity contribution < 1.29 is 14.3 Å². The molecule has 5 heteroatoms. The van der Waals surface area contributed by atoms with Gasteiger partial charge in [0.25, 0.3) is 0 Å². The molecule has 0 radical (unpaired) electrons. The zero-order chi connectivity index (χ0) is 15.1. The van der Waals surface area contributed by atoms with E-state index >= 15 is 0 Å². The molecule has 0 spiro atoms. The molecule has 2 N–H and O–H groups in total. The van der Waals surface area contributed by atoms with E-state index in [1.165, 1.54) is 25.7 Å². The molecule has 2 fully saturated rings. The highest BCUT2D eigenvalue weighted by Gasteiger charge is 2.38. The SMILES string of the molecule is CCOC(=O)CCCNC(=O)NCCC1CC2CCC1C2. The van der Waals surface area contributed by atoms with Crippen molar-refractivity contribution in [1.82, 2.24) is 10.6 Å². The van der Waals surface area contributed by atoms with E-state index in [-0.39, 0.29) is 12.0 Å². The fourth-order valence-corrected chi connectivity index (χ4v) is 3.83. The number of ether oxygens (including phenoxy) is 1. The second-order valence-corrected chi connectivity index (χ2v) is 6.31. The van der Waals surface area contributed by atoms with E-state index in [0.29, 0.717) is 26.0 Å². The number of hydrogen-bond donors (Lipinski definition) is 2. The van der Waals surface area contributed by atoms with E-state index in [2.05, 4.69) is 10.6 Å². The Morgan fingerprint density at radius 3 is 2.62 bits per heavy atom. The number of fused-ring (bicyclic) bond motifs is 2. The number of hydrogen-bond acceptors (Lipinski definition) is 3. The summed E-state index contributed by atoms with van der Waals surface area (Å²) in [6, 6.07) is -0.123. The zero-order valence-electron chi connectivity index (χ0n) is 13.0. The van der Waals surface area contributed by atoms with Crippen molar-refractivity contribution in [2.24, 2.45) is 17.8 Å². The molecular weight excluding hydrogens is 268 g/mol. The molecule has 0 aromatic heterocycles. The third-order valence-electron chi connectivity index (χ3n) is 4.83. The smallest absolute Gasteiger partial charge is 0.314 e. The maximum Gasteiger partial charge on any atom is 0.314 e. The van der Waals surface area contributed by atoms with Crippen LogP contribution < -0.4 is 10.6 Å². The van der Waals surface area contributed by atoms with Gasteiger partial charge in [-0.1, -0.05) is 6.42 Å². The monoisotopic (exact) mass is 296 g/mol. The van der Waals surface area contributed by atoms with Crippen molar-refractivity contribution in [3.63, 3.8) is 0 Å². The minimum Gasteiger partial charge on any atom is -0.466 e. The largest absolute Gasteiger partial charge is 0.466 e. The summed E-state index contributed by atoms with van der Waals surface area (Å²) >= 11 is 0. The third kappa shape index (κ3) is 5.21. The average Bonchev–Trinajstić information content (AvgIpc) is 3.06. The van der Waals surface area contributed by atoms with Crippen molar-refractivity contribution in [1.29, 1.82) is 0 Å². The predicted molar refractivity (Wildman–Crippen MR) is 80.8 cm³/mol. The van der Waals surface area contributed by atoms with Crippen LogP contribution in [-0.4, -0.2) is 31.7 Å². The van der Waals surface area contributed by atoms with Gasteiger partial charge < -0.3 is 15.4 Å². The predicted octanol–water partition coefficient (Wildman–Crippen LogP) is 2.46. The van der Waals surface area contributed by atoms with E-state index in [1.807, 2.05) is 0 Å². The Kier molecular flexibility index (Phi) is 6.33. The topological polar surface area (TPSA) is 67.4 Å². The molecule has 2 aliphatic carbocycles. The molecule has 0 saturated heterocycles. The molecule has 2 saturated carbocycles. The Morgan fingerprint density at radius 2 is 1.95 bits per heavy atom. The van der Waals surface area contributed by atoms with Crippen LogP contribution in [0.2, 0.25) is 0 Å². The summed E-state index contributed by atoms with van der Waals surface area (Å²) in [6.07, 6.45) is 7.71. The molecule has 3 atom stereocenters. The van der Waals surface area contributed by atoms with Gasteiger partial charge in [-0.3, -0.25) is 4.79 Å². The van der Waals surface area contributed by atoms with Gasteiger partial charge in [-0.15, -0.1) is 0 Å². The number of nitrogens with one attached hydrogen (secondary N) is 2. The Labute approximate surface area is 127 Å². The average molecular weight is 296 g/mol. The first-order chi connectivity index (χ1) is 10.2. The van der Waals surface area contributed by atoms with Crippen LogP contribution in [0, 0.1) is 17.8 Å². The van der Waals surface area contributed by atoms with Crippen LogP contribution in [0.15, 0.2) is 0 Å². The Balaban J connectivity index is 1.45. The lowest BCUT2D eigenvalue weighted by Gasteiger charge is -2.21. The van der Waals surface area contributed by atoms with Gasteiger partial charge in [0.05, 0.1) is 6.61 Å². The van der Waals surface area contributed by atoms with Crippen LogP contribution in [0.3, 0.4) is 0 Å². The molecule has 2 bridgehead atoms. The zero-order valence-corrected chi connectivity index (χ0v) is 13.0. The summed E-state index contributed by atoms with van der Waals surface area (Å²) in [7, 11) is 0. The minimum absolute atomic E-state index is 0.123. The highest BCUT2D eigenvalue weighted by Crippen LogP contribution is 2.49. The van der Waals surface area contributed by atoms with Crippen molar-refractivity contribution in [2.45, 2.75) is 51.9 Å². The van der Waals surface area contributed by atoms with Gasteiger partial charge in [0.15, 0.2) is 0 Å². The molecule has 0 aromatic carbocycles. The standard InChI is InChI=1S/C16H28N2O3/c1-2-21-15(19)4-3-8-17-16(20)18-9-7-14-11-12-5-6-13(14)10-12/h12-14H,2-11H2,1H3,(H2,17,18,20). The van der Waals surface area contributed by atoms with E-state index < -0.39 is 0 Å². The number of rotatable bonds is 8. The van der Waals surface area contributed by atoms with Crippen LogP contribution in [0.5, 0.6) is 0 Å². The van der Waals surface area contributed by atoms with Gasteiger partial charge in [-0.05, 0) is 56.8 Å². The van der Waals surface area contributed by atoms with Crippen molar-refractivity contribution >= 4 is 12.0 Å². The maximum absolute atomic E-state index is 11.6. The first-order valence-electron chi connectivity index (χ1n) is 8.36. The summed E-state index contributed by atoms with van der Waals surface area (Å²) in [6.45, 7) is 3.48. The van der Waals surface area contributed by atoms with E-state index in [0.717, 1.165) is 30.7 Å². The summed E-state index contributed by atoms with van der Waals surface area (Å²) < 4.78 is 4.83. The summed E-state index contributed by atoms with van der Waals surface area (Å²) in [5, 5.41) is 5.70. The lowest BCUT2D eigenvalue weighted by molar-refractivity contribution is -0.143. The fraction of sp³-hybridized carbons (Fsp3) is 0.875. The van der Waals surface area contributed by atoms with Crippen LogP contribution in [0.25, 0.3) is 0 Å². The van der Waals surface area contributed by atoms with Crippen molar-refractivity contribution in [3.05, 3.63) is 0 Å². The van der Waals surface area contributed by atoms with E-state index in [1.54, 1.807) is 6.92 Å². The number of carbonyl (C=O) groups is 2. The van der Waals surface area contributed by atoms with Gasteiger partial charge in [-0.2, -0.15) is 0 Å². The van der Waals surface area contributed by atoms with Crippen molar-refractivity contribution in [3.8, 4) is 0 Å². The van der Waals surface area contributed by atoms with Gasteiger partial charge >= 0.3 is 12.0 Å². The van der Waals surface area contributed by atoms with E-state index in [4.69, 9.17) is 4.74 Å². The Morgan fingerprint density at radius 1 is 1.14 bits per heavy atom. The molecule has 2 amide bonds. The molecule has 0 heterocycles. The molecule has 2 rings (SSSR count). The second-order valence-electron chi connectivity index (χ2n) is 6.31. The van der Waals surface area contributed by atoms with Gasteiger partial charge in [0, 0.05) is 19.5 Å². The summed E-state index contributed by atoms with van der Waals surface area (Å²) in [5.41, 5.74) is 0. The quantitative estimate of drug-likeness (QED) is 0.534. The minimum atomic E-state index is -0.198. The molecule has 2 aliphatic rings. The van der Waals surface area contributed by atoms with Gasteiger partial charge in [0.1, 0.15) is 0 Å². The molecule has 5 nitrogen and oxygen atoms in total. The van der Waals surface area contributed by atoms with Crippen molar-refractivity contribution in [2.75, 3.05) is 19.7 Å². The van der Waals surface area contributed by atoms with Crippen LogP contribution in [0.1, 0.15) is 51.9 Å². The van der Waals surface area contributed by atoms with Gasteiger partial charge in [-0.25, -0.2) is 4.79 Å². The van der Waals surface area contributed by atoms with E-state index in [9.17, 15) is 9.59 Å². The van der Waals surface area contributed by atoms with Gasteiger partial charge in [0.2, 0.25) is 0 Å². The number of carbonyl (C=O) groups excluding carboxylic acids is 2. The fourth-order valence-electron chi connectivity index (χ4n) is 3.83. The molecule has 120 valence electrons.